The Labute approximate surface area is 96.6 Å². The van der Waals surface area contributed by atoms with Crippen molar-refractivity contribution in [2.45, 2.75) is 51.6 Å². The molecule has 0 amide bonds. The molecule has 3 N–H and O–H groups in total. The van der Waals surface area contributed by atoms with Crippen LogP contribution in [0.1, 0.15) is 61.4 Å². The molecule has 1 unspecified atom stereocenters. The average Bonchev–Trinajstić information content (AvgIpc) is 2.75. The molecule has 0 saturated carbocycles. The molecule has 0 bridgehead atoms. The molecule has 0 aromatic carbocycles. The summed E-state index contributed by atoms with van der Waals surface area (Å²) in [6.45, 7) is 4.72. The fourth-order valence-corrected chi connectivity index (χ4v) is 2.55. The molecular formula is C13H21NO2. The summed E-state index contributed by atoms with van der Waals surface area (Å²) in [6.07, 6.45) is 3.38. The first-order valence-corrected chi connectivity index (χ1v) is 6.17. The van der Waals surface area contributed by atoms with Crippen molar-refractivity contribution < 1.29 is 9.52 Å². The van der Waals surface area contributed by atoms with Crippen molar-refractivity contribution in [3.05, 3.63) is 22.6 Å². The molecule has 3 heteroatoms. The number of fused-ring (bicyclic) bond motifs is 1. The maximum atomic E-state index is 10.2. The van der Waals surface area contributed by atoms with E-state index in [4.69, 9.17) is 10.2 Å². The monoisotopic (exact) mass is 223 g/mol. The average molecular weight is 223 g/mol. The van der Waals surface area contributed by atoms with Crippen LogP contribution in [0.15, 0.2) is 4.42 Å². The smallest absolute Gasteiger partial charge is 0.112 e. The topological polar surface area (TPSA) is 59.4 Å². The summed E-state index contributed by atoms with van der Waals surface area (Å²) in [6, 6.07) is 0. The summed E-state index contributed by atoms with van der Waals surface area (Å²) in [7, 11) is 0. The molecule has 1 aliphatic carbocycles. The van der Waals surface area contributed by atoms with Crippen LogP contribution in [0.5, 0.6) is 0 Å². The van der Waals surface area contributed by atoms with E-state index in [1.165, 1.54) is 5.56 Å². The van der Waals surface area contributed by atoms with Gasteiger partial charge in [-0.2, -0.15) is 0 Å². The predicted octanol–water partition coefficient (Wildman–Crippen LogP) is 2.27. The fraction of sp³-hybridized carbons (Fsp3) is 0.692. The van der Waals surface area contributed by atoms with E-state index in [1.54, 1.807) is 0 Å². The van der Waals surface area contributed by atoms with Gasteiger partial charge in [-0.15, -0.1) is 0 Å². The number of aliphatic hydroxyl groups is 1. The molecule has 1 aromatic rings. The van der Waals surface area contributed by atoms with Crippen LogP contribution in [0.3, 0.4) is 0 Å². The molecule has 2 rings (SSSR count). The van der Waals surface area contributed by atoms with Crippen LogP contribution >= 0.6 is 0 Å². The van der Waals surface area contributed by atoms with Crippen molar-refractivity contribution in [1.29, 1.82) is 0 Å². The van der Waals surface area contributed by atoms with Crippen LogP contribution in [0, 0.1) is 0 Å². The van der Waals surface area contributed by atoms with Crippen molar-refractivity contribution >= 4 is 0 Å². The van der Waals surface area contributed by atoms with Crippen molar-refractivity contribution in [3.8, 4) is 0 Å². The lowest BCUT2D eigenvalue weighted by molar-refractivity contribution is 0.166. The third kappa shape index (κ3) is 1.89. The second-order valence-corrected chi connectivity index (χ2v) is 4.88. The summed E-state index contributed by atoms with van der Waals surface area (Å²) in [5, 5.41) is 10.2. The Morgan fingerprint density at radius 1 is 1.38 bits per heavy atom. The van der Waals surface area contributed by atoms with E-state index in [1.807, 2.05) is 0 Å². The van der Waals surface area contributed by atoms with Crippen molar-refractivity contribution in [1.82, 2.24) is 0 Å². The van der Waals surface area contributed by atoms with Gasteiger partial charge in [0.15, 0.2) is 0 Å². The summed E-state index contributed by atoms with van der Waals surface area (Å²) in [5.41, 5.74) is 7.81. The van der Waals surface area contributed by atoms with Gasteiger partial charge in [0.25, 0.3) is 0 Å². The van der Waals surface area contributed by atoms with E-state index in [-0.39, 0.29) is 0 Å². The van der Waals surface area contributed by atoms with E-state index < -0.39 is 6.10 Å². The first kappa shape index (κ1) is 11.7. The van der Waals surface area contributed by atoms with Gasteiger partial charge in [-0.25, -0.2) is 0 Å². The highest BCUT2D eigenvalue weighted by Crippen LogP contribution is 2.38. The molecule has 0 fully saturated rings. The predicted molar refractivity (Wildman–Crippen MR) is 63.5 cm³/mol. The third-order valence-electron chi connectivity index (χ3n) is 3.29. The Bertz CT molecular complexity index is 368. The lowest BCUT2D eigenvalue weighted by atomic mass is 9.96. The lowest BCUT2D eigenvalue weighted by Gasteiger charge is -2.13. The maximum absolute atomic E-state index is 10.2. The van der Waals surface area contributed by atoms with Crippen LogP contribution in [0.4, 0.5) is 0 Å². The van der Waals surface area contributed by atoms with Gasteiger partial charge in [0.2, 0.25) is 0 Å². The highest BCUT2D eigenvalue weighted by Gasteiger charge is 2.28. The standard InChI is InChI=1S/C13H21NO2/c1-8(2)13-12(10(15)6-7-14)9-4-3-5-11(9)16-13/h8,10,15H,3-7,14H2,1-2H3. The lowest BCUT2D eigenvalue weighted by Crippen LogP contribution is -2.09. The van der Waals surface area contributed by atoms with Crippen LogP contribution in [-0.4, -0.2) is 11.7 Å². The minimum Gasteiger partial charge on any atom is -0.465 e. The highest BCUT2D eigenvalue weighted by atomic mass is 16.3. The summed E-state index contributed by atoms with van der Waals surface area (Å²) >= 11 is 0. The Hall–Kier alpha value is -0.800. The highest BCUT2D eigenvalue weighted by molar-refractivity contribution is 5.39. The van der Waals surface area contributed by atoms with Crippen molar-refractivity contribution in [2.75, 3.05) is 6.54 Å². The summed E-state index contributed by atoms with van der Waals surface area (Å²) < 4.78 is 5.89. The van der Waals surface area contributed by atoms with E-state index >= 15 is 0 Å². The van der Waals surface area contributed by atoms with Gasteiger partial charge in [-0.05, 0) is 31.4 Å². The molecule has 16 heavy (non-hydrogen) atoms. The second kappa shape index (κ2) is 4.60. The number of nitrogens with two attached hydrogens (primary N) is 1. The normalized spacial score (nSPS) is 16.8. The minimum absolute atomic E-state index is 0.327. The summed E-state index contributed by atoms with van der Waals surface area (Å²) in [5.74, 6) is 2.38. The van der Waals surface area contributed by atoms with Crippen LogP contribution < -0.4 is 5.73 Å². The molecule has 1 heterocycles. The molecule has 1 aromatic heterocycles. The van der Waals surface area contributed by atoms with Crippen LogP contribution in [-0.2, 0) is 12.8 Å². The second-order valence-electron chi connectivity index (χ2n) is 4.88. The molecule has 1 atom stereocenters. The molecule has 0 saturated heterocycles. The first-order chi connectivity index (χ1) is 7.65. The Kier molecular flexibility index (Phi) is 3.36. The Morgan fingerprint density at radius 2 is 2.12 bits per heavy atom. The fourth-order valence-electron chi connectivity index (χ4n) is 2.55. The van der Waals surface area contributed by atoms with Gasteiger partial charge >= 0.3 is 0 Å². The number of furan rings is 1. The maximum Gasteiger partial charge on any atom is 0.112 e. The van der Waals surface area contributed by atoms with E-state index in [9.17, 15) is 5.11 Å². The molecule has 1 aliphatic rings. The zero-order chi connectivity index (χ0) is 11.7. The SMILES string of the molecule is CC(C)c1oc2c(c1C(O)CCN)CCC2. The van der Waals surface area contributed by atoms with Gasteiger partial charge < -0.3 is 15.3 Å². The first-order valence-electron chi connectivity index (χ1n) is 6.17. The van der Waals surface area contributed by atoms with E-state index in [0.29, 0.717) is 18.9 Å². The van der Waals surface area contributed by atoms with Crippen LogP contribution in [0.2, 0.25) is 0 Å². The number of aliphatic hydroxyl groups excluding tert-OH is 1. The molecular weight excluding hydrogens is 202 g/mol. The van der Waals surface area contributed by atoms with Gasteiger partial charge in [-0.1, -0.05) is 13.8 Å². The zero-order valence-corrected chi connectivity index (χ0v) is 10.1. The number of rotatable bonds is 4. The van der Waals surface area contributed by atoms with E-state index in [0.717, 1.165) is 36.3 Å². The number of hydrogen-bond donors (Lipinski definition) is 2. The number of hydrogen-bond acceptors (Lipinski definition) is 3. The van der Waals surface area contributed by atoms with Crippen LogP contribution in [0.25, 0.3) is 0 Å². The number of aryl methyl sites for hydroxylation is 1. The molecule has 0 spiro atoms. The molecule has 90 valence electrons. The van der Waals surface area contributed by atoms with Crippen molar-refractivity contribution in [2.24, 2.45) is 5.73 Å². The van der Waals surface area contributed by atoms with Gasteiger partial charge in [-0.3, -0.25) is 0 Å². The third-order valence-corrected chi connectivity index (χ3v) is 3.29. The quantitative estimate of drug-likeness (QED) is 0.823. The zero-order valence-electron chi connectivity index (χ0n) is 10.1. The molecule has 0 radical (unpaired) electrons. The Balaban J connectivity index is 2.39. The van der Waals surface area contributed by atoms with Gasteiger partial charge in [0, 0.05) is 17.9 Å². The van der Waals surface area contributed by atoms with E-state index in [2.05, 4.69) is 13.8 Å². The largest absolute Gasteiger partial charge is 0.465 e. The van der Waals surface area contributed by atoms with Crippen molar-refractivity contribution in [3.63, 3.8) is 0 Å². The molecule has 0 aliphatic heterocycles. The minimum atomic E-state index is -0.451. The molecule has 3 nitrogen and oxygen atoms in total. The Morgan fingerprint density at radius 3 is 2.75 bits per heavy atom. The van der Waals surface area contributed by atoms with Gasteiger partial charge in [0.05, 0.1) is 6.10 Å². The summed E-state index contributed by atoms with van der Waals surface area (Å²) in [4.78, 5) is 0. The van der Waals surface area contributed by atoms with Gasteiger partial charge in [0.1, 0.15) is 11.5 Å².